The molecule has 1 saturated heterocycles. The Morgan fingerprint density at radius 3 is 2.88 bits per heavy atom. The normalized spacial score (nSPS) is 22.5. The van der Waals surface area contributed by atoms with E-state index in [1.165, 1.54) is 0 Å². The Hall–Kier alpha value is -1.07. The molecule has 90 valence electrons. The van der Waals surface area contributed by atoms with E-state index in [4.69, 9.17) is 10.5 Å². The molecule has 0 saturated carbocycles. The lowest BCUT2D eigenvalue weighted by Gasteiger charge is -2.17. The highest BCUT2D eigenvalue weighted by Crippen LogP contribution is 2.16. The van der Waals surface area contributed by atoms with Crippen LogP contribution in [0.3, 0.4) is 0 Å². The summed E-state index contributed by atoms with van der Waals surface area (Å²) < 4.78 is 8.67. The van der Waals surface area contributed by atoms with Crippen LogP contribution in [0.15, 0.2) is 17.2 Å². The molecule has 1 aliphatic rings. The molecule has 0 spiro atoms. The Balaban J connectivity index is 2.02. The summed E-state index contributed by atoms with van der Waals surface area (Å²) >= 11 is 0. The first kappa shape index (κ1) is 11.4. The van der Waals surface area contributed by atoms with Gasteiger partial charge >= 0.3 is 5.69 Å². The molecule has 0 bridgehead atoms. The smallest absolute Gasteiger partial charge is 0.328 e. The molecule has 16 heavy (non-hydrogen) atoms. The molecule has 2 unspecified atom stereocenters. The lowest BCUT2D eigenvalue weighted by molar-refractivity contribution is 0.178. The standard InChI is InChI=1S/C11H19N3O2/c1-2-13-4-5-14(11(13)15)7-10(12)9-3-6-16-8-9/h4-5,9-10H,2-3,6-8,12H2,1H3. The van der Waals surface area contributed by atoms with Crippen LogP contribution < -0.4 is 11.4 Å². The van der Waals surface area contributed by atoms with Gasteiger partial charge in [-0.3, -0.25) is 9.13 Å². The fourth-order valence-electron chi connectivity index (χ4n) is 2.10. The van der Waals surface area contributed by atoms with Crippen LogP contribution in [0.25, 0.3) is 0 Å². The Morgan fingerprint density at radius 1 is 1.56 bits per heavy atom. The van der Waals surface area contributed by atoms with Gasteiger partial charge in [-0.1, -0.05) is 0 Å². The predicted molar refractivity (Wildman–Crippen MR) is 61.3 cm³/mol. The zero-order chi connectivity index (χ0) is 11.5. The molecule has 0 aliphatic carbocycles. The number of hydrogen-bond acceptors (Lipinski definition) is 3. The van der Waals surface area contributed by atoms with Gasteiger partial charge in [-0.2, -0.15) is 0 Å². The second-order valence-corrected chi connectivity index (χ2v) is 4.31. The maximum absolute atomic E-state index is 11.8. The van der Waals surface area contributed by atoms with Crippen molar-refractivity contribution in [2.45, 2.75) is 32.5 Å². The van der Waals surface area contributed by atoms with E-state index in [0.29, 0.717) is 19.0 Å². The minimum atomic E-state index is 0.00732. The van der Waals surface area contributed by atoms with Crippen LogP contribution in [0.4, 0.5) is 0 Å². The average molecular weight is 225 g/mol. The molecule has 2 atom stereocenters. The van der Waals surface area contributed by atoms with Crippen molar-refractivity contribution >= 4 is 0 Å². The summed E-state index contributed by atoms with van der Waals surface area (Å²) in [5.41, 5.74) is 6.11. The van der Waals surface area contributed by atoms with Gasteiger partial charge < -0.3 is 10.5 Å². The van der Waals surface area contributed by atoms with Gasteiger partial charge in [-0.15, -0.1) is 0 Å². The molecule has 2 heterocycles. The number of imidazole rings is 1. The summed E-state index contributed by atoms with van der Waals surface area (Å²) in [7, 11) is 0. The summed E-state index contributed by atoms with van der Waals surface area (Å²) in [6.45, 7) is 4.76. The largest absolute Gasteiger partial charge is 0.381 e. The molecular weight excluding hydrogens is 206 g/mol. The molecule has 1 aromatic heterocycles. The van der Waals surface area contributed by atoms with Gasteiger partial charge in [0.25, 0.3) is 0 Å². The zero-order valence-electron chi connectivity index (χ0n) is 9.63. The Bertz CT molecular complexity index is 390. The van der Waals surface area contributed by atoms with E-state index in [0.717, 1.165) is 19.6 Å². The highest BCUT2D eigenvalue weighted by atomic mass is 16.5. The molecule has 5 heteroatoms. The van der Waals surface area contributed by atoms with Crippen LogP contribution in [0.1, 0.15) is 13.3 Å². The Morgan fingerprint density at radius 2 is 2.31 bits per heavy atom. The third-order valence-electron chi connectivity index (χ3n) is 3.24. The quantitative estimate of drug-likeness (QED) is 0.786. The summed E-state index contributed by atoms with van der Waals surface area (Å²) in [6, 6.07) is 0.00732. The van der Waals surface area contributed by atoms with E-state index in [9.17, 15) is 4.79 Å². The summed E-state index contributed by atoms with van der Waals surface area (Å²) in [5.74, 6) is 0.386. The Labute approximate surface area is 94.8 Å². The van der Waals surface area contributed by atoms with Crippen molar-refractivity contribution in [3.05, 3.63) is 22.9 Å². The molecule has 1 aliphatic heterocycles. The first-order valence-electron chi connectivity index (χ1n) is 5.81. The molecule has 2 N–H and O–H groups in total. The van der Waals surface area contributed by atoms with Crippen LogP contribution in [-0.4, -0.2) is 28.4 Å². The monoisotopic (exact) mass is 225 g/mol. The first-order chi connectivity index (χ1) is 7.72. The van der Waals surface area contributed by atoms with Crippen LogP contribution in [0.2, 0.25) is 0 Å². The van der Waals surface area contributed by atoms with Crippen LogP contribution >= 0.6 is 0 Å². The number of hydrogen-bond donors (Lipinski definition) is 1. The van der Waals surface area contributed by atoms with Gasteiger partial charge in [0.05, 0.1) is 6.61 Å². The number of nitrogens with zero attached hydrogens (tertiary/aromatic N) is 2. The molecule has 0 radical (unpaired) electrons. The van der Waals surface area contributed by atoms with Crippen molar-refractivity contribution in [2.75, 3.05) is 13.2 Å². The van der Waals surface area contributed by atoms with E-state index < -0.39 is 0 Å². The van der Waals surface area contributed by atoms with E-state index in [2.05, 4.69) is 0 Å². The highest BCUT2D eigenvalue weighted by molar-refractivity contribution is 4.85. The average Bonchev–Trinajstić information content (AvgIpc) is 2.89. The molecule has 1 fully saturated rings. The maximum atomic E-state index is 11.8. The predicted octanol–water partition coefficient (Wildman–Crippen LogP) is 0.0335. The van der Waals surface area contributed by atoms with Gasteiger partial charge in [0.1, 0.15) is 0 Å². The summed E-state index contributed by atoms with van der Waals surface area (Å²) in [6.07, 6.45) is 4.62. The third-order valence-corrected chi connectivity index (χ3v) is 3.24. The number of aromatic nitrogens is 2. The molecule has 0 aromatic carbocycles. The van der Waals surface area contributed by atoms with Gasteiger partial charge in [0, 0.05) is 44.0 Å². The van der Waals surface area contributed by atoms with Gasteiger partial charge in [-0.25, -0.2) is 4.79 Å². The van der Waals surface area contributed by atoms with E-state index in [1.807, 2.05) is 13.1 Å². The van der Waals surface area contributed by atoms with Crippen molar-refractivity contribution in [1.82, 2.24) is 9.13 Å². The number of nitrogens with two attached hydrogens (primary N) is 1. The van der Waals surface area contributed by atoms with Crippen molar-refractivity contribution in [3.8, 4) is 0 Å². The third kappa shape index (κ3) is 2.20. The molecule has 2 rings (SSSR count). The van der Waals surface area contributed by atoms with Crippen molar-refractivity contribution in [2.24, 2.45) is 11.7 Å². The number of ether oxygens (including phenoxy) is 1. The lowest BCUT2D eigenvalue weighted by Crippen LogP contribution is -2.38. The van der Waals surface area contributed by atoms with Crippen LogP contribution in [0.5, 0.6) is 0 Å². The SMILES string of the molecule is CCn1ccn(CC(N)C2CCOC2)c1=O. The number of aryl methyl sites for hydroxylation is 1. The first-order valence-corrected chi connectivity index (χ1v) is 5.81. The second-order valence-electron chi connectivity index (χ2n) is 4.31. The molecule has 5 nitrogen and oxygen atoms in total. The molecular formula is C11H19N3O2. The lowest BCUT2D eigenvalue weighted by atomic mass is 10.00. The van der Waals surface area contributed by atoms with Crippen molar-refractivity contribution in [1.29, 1.82) is 0 Å². The van der Waals surface area contributed by atoms with Crippen LogP contribution in [-0.2, 0) is 17.8 Å². The topological polar surface area (TPSA) is 62.2 Å². The van der Waals surface area contributed by atoms with Crippen LogP contribution in [0, 0.1) is 5.92 Å². The minimum Gasteiger partial charge on any atom is -0.381 e. The highest BCUT2D eigenvalue weighted by Gasteiger charge is 2.23. The minimum absolute atomic E-state index is 0.00732. The van der Waals surface area contributed by atoms with E-state index in [-0.39, 0.29) is 11.7 Å². The van der Waals surface area contributed by atoms with E-state index in [1.54, 1.807) is 15.3 Å². The van der Waals surface area contributed by atoms with Gasteiger partial charge in [-0.05, 0) is 13.3 Å². The summed E-state index contributed by atoms with van der Waals surface area (Å²) in [5, 5.41) is 0. The fraction of sp³-hybridized carbons (Fsp3) is 0.727. The van der Waals surface area contributed by atoms with Gasteiger partial charge in [0.15, 0.2) is 0 Å². The summed E-state index contributed by atoms with van der Waals surface area (Å²) in [4.78, 5) is 11.8. The Kier molecular flexibility index (Phi) is 3.46. The van der Waals surface area contributed by atoms with Crippen molar-refractivity contribution in [3.63, 3.8) is 0 Å². The maximum Gasteiger partial charge on any atom is 0.328 e. The zero-order valence-corrected chi connectivity index (χ0v) is 9.63. The molecule has 0 amide bonds. The fourth-order valence-corrected chi connectivity index (χ4v) is 2.10. The molecule has 1 aromatic rings. The van der Waals surface area contributed by atoms with E-state index >= 15 is 0 Å². The van der Waals surface area contributed by atoms with Crippen molar-refractivity contribution < 1.29 is 4.74 Å². The second kappa shape index (κ2) is 4.84. The number of rotatable bonds is 4. The van der Waals surface area contributed by atoms with Gasteiger partial charge in [0.2, 0.25) is 0 Å².